The average molecular weight is 221 g/mol. The molecule has 0 aromatic heterocycles. The van der Waals surface area contributed by atoms with E-state index in [2.05, 4.69) is 31.3 Å². The summed E-state index contributed by atoms with van der Waals surface area (Å²) in [6.07, 6.45) is 0.968. The van der Waals surface area contributed by atoms with Gasteiger partial charge in [0.15, 0.2) is 0 Å². The Morgan fingerprint density at radius 1 is 1.44 bits per heavy atom. The molecule has 1 aromatic carbocycles. The first-order valence-corrected chi connectivity index (χ1v) is 5.80. The van der Waals surface area contributed by atoms with Crippen molar-refractivity contribution in [3.63, 3.8) is 0 Å². The molecule has 0 amide bonds. The first kappa shape index (κ1) is 11.4. The molecule has 0 fully saturated rings. The lowest BCUT2D eigenvalue weighted by Gasteiger charge is -2.28. The van der Waals surface area contributed by atoms with E-state index in [1.807, 2.05) is 0 Å². The van der Waals surface area contributed by atoms with E-state index in [1.165, 1.54) is 16.7 Å². The molecule has 0 saturated heterocycles. The zero-order chi connectivity index (χ0) is 11.5. The van der Waals surface area contributed by atoms with Crippen LogP contribution in [0.5, 0.6) is 5.75 Å². The lowest BCUT2D eigenvalue weighted by atomic mass is 9.96. The number of rotatable bonds is 3. The van der Waals surface area contributed by atoms with Gasteiger partial charge in [0.05, 0.1) is 13.2 Å². The van der Waals surface area contributed by atoms with Crippen LogP contribution in [0.1, 0.15) is 29.2 Å². The topological polar surface area (TPSA) is 41.5 Å². The molecule has 3 nitrogen and oxygen atoms in total. The summed E-state index contributed by atoms with van der Waals surface area (Å²) in [5, 5.41) is 12.2. The molecule has 1 atom stereocenters. The van der Waals surface area contributed by atoms with Crippen molar-refractivity contribution in [1.82, 2.24) is 5.32 Å². The zero-order valence-corrected chi connectivity index (χ0v) is 9.92. The Morgan fingerprint density at radius 2 is 2.25 bits per heavy atom. The second-order valence-electron chi connectivity index (χ2n) is 4.37. The number of ether oxygens (including phenoxy) is 1. The molecule has 0 aliphatic carbocycles. The molecule has 88 valence electrons. The van der Waals surface area contributed by atoms with Gasteiger partial charge in [-0.05, 0) is 19.4 Å². The third-order valence-corrected chi connectivity index (χ3v) is 2.98. The van der Waals surface area contributed by atoms with E-state index in [-0.39, 0.29) is 6.61 Å². The average Bonchev–Trinajstić information content (AvgIpc) is 2.26. The molecule has 0 spiro atoms. The van der Waals surface area contributed by atoms with Crippen molar-refractivity contribution in [2.24, 2.45) is 0 Å². The van der Waals surface area contributed by atoms with E-state index < -0.39 is 0 Å². The van der Waals surface area contributed by atoms with Crippen molar-refractivity contribution >= 4 is 0 Å². The monoisotopic (exact) mass is 221 g/mol. The standard InChI is InChI=1S/C13H19NO2/c1-9-7-10(2)13-11(8-9)12(3-6-16-13)14-4-5-15/h7-8,12,14-15H,3-6H2,1-2H3. The lowest BCUT2D eigenvalue weighted by Crippen LogP contribution is -2.29. The summed E-state index contributed by atoms with van der Waals surface area (Å²) in [4.78, 5) is 0. The van der Waals surface area contributed by atoms with Crippen molar-refractivity contribution in [3.05, 3.63) is 28.8 Å². The highest BCUT2D eigenvalue weighted by Crippen LogP contribution is 2.35. The van der Waals surface area contributed by atoms with Gasteiger partial charge >= 0.3 is 0 Å². The predicted octanol–water partition coefficient (Wildman–Crippen LogP) is 1.71. The van der Waals surface area contributed by atoms with Crippen LogP contribution >= 0.6 is 0 Å². The highest BCUT2D eigenvalue weighted by molar-refractivity contribution is 5.46. The molecule has 0 radical (unpaired) electrons. The third-order valence-electron chi connectivity index (χ3n) is 2.98. The van der Waals surface area contributed by atoms with Crippen LogP contribution in [0.2, 0.25) is 0 Å². The number of aliphatic hydroxyl groups is 1. The van der Waals surface area contributed by atoms with E-state index in [4.69, 9.17) is 9.84 Å². The summed E-state index contributed by atoms with van der Waals surface area (Å²) in [7, 11) is 0. The Kier molecular flexibility index (Phi) is 3.46. The Hall–Kier alpha value is -1.06. The molecular weight excluding hydrogens is 202 g/mol. The second-order valence-corrected chi connectivity index (χ2v) is 4.37. The van der Waals surface area contributed by atoms with Crippen molar-refractivity contribution in [1.29, 1.82) is 0 Å². The molecule has 2 N–H and O–H groups in total. The number of aryl methyl sites for hydroxylation is 2. The van der Waals surface area contributed by atoms with Gasteiger partial charge in [-0.15, -0.1) is 0 Å². The molecule has 1 aliphatic rings. The molecule has 1 heterocycles. The van der Waals surface area contributed by atoms with Crippen LogP contribution in [0.15, 0.2) is 12.1 Å². The summed E-state index contributed by atoms with van der Waals surface area (Å²) in [5.74, 6) is 1.02. The van der Waals surface area contributed by atoms with Crippen molar-refractivity contribution in [3.8, 4) is 5.75 Å². The number of nitrogens with one attached hydrogen (secondary N) is 1. The van der Waals surface area contributed by atoms with E-state index in [1.54, 1.807) is 0 Å². The van der Waals surface area contributed by atoms with Crippen LogP contribution in [-0.2, 0) is 0 Å². The molecule has 0 bridgehead atoms. The minimum atomic E-state index is 0.178. The maximum atomic E-state index is 8.86. The highest BCUT2D eigenvalue weighted by Gasteiger charge is 2.22. The number of aliphatic hydroxyl groups excluding tert-OH is 1. The molecule has 1 unspecified atom stereocenters. The van der Waals surface area contributed by atoms with Gasteiger partial charge < -0.3 is 15.2 Å². The Bertz CT molecular complexity index is 376. The summed E-state index contributed by atoms with van der Waals surface area (Å²) in [6, 6.07) is 4.64. The molecule has 0 saturated carbocycles. The molecule has 1 aromatic rings. The number of fused-ring (bicyclic) bond motifs is 1. The zero-order valence-electron chi connectivity index (χ0n) is 9.92. The van der Waals surface area contributed by atoms with Gasteiger partial charge in [-0.3, -0.25) is 0 Å². The number of benzene rings is 1. The van der Waals surface area contributed by atoms with Crippen molar-refractivity contribution < 1.29 is 9.84 Å². The van der Waals surface area contributed by atoms with Crippen molar-refractivity contribution in [2.45, 2.75) is 26.3 Å². The van der Waals surface area contributed by atoms with Gasteiger partial charge in [-0.2, -0.15) is 0 Å². The molecule has 16 heavy (non-hydrogen) atoms. The fourth-order valence-corrected chi connectivity index (χ4v) is 2.33. The van der Waals surface area contributed by atoms with Gasteiger partial charge in [0, 0.05) is 24.6 Å². The number of hydrogen-bond acceptors (Lipinski definition) is 3. The van der Waals surface area contributed by atoms with E-state index in [0.717, 1.165) is 18.8 Å². The van der Waals surface area contributed by atoms with Crippen LogP contribution in [-0.4, -0.2) is 24.9 Å². The summed E-state index contributed by atoms with van der Waals surface area (Å²) < 4.78 is 5.72. The molecule has 2 rings (SSSR count). The van der Waals surface area contributed by atoms with Crippen molar-refractivity contribution in [2.75, 3.05) is 19.8 Å². The second kappa shape index (κ2) is 4.85. The minimum Gasteiger partial charge on any atom is -0.493 e. The predicted molar refractivity (Wildman–Crippen MR) is 63.9 cm³/mol. The lowest BCUT2D eigenvalue weighted by molar-refractivity contribution is 0.235. The van der Waals surface area contributed by atoms with Crippen LogP contribution in [0.3, 0.4) is 0 Å². The summed E-state index contributed by atoms with van der Waals surface area (Å²) in [5.41, 5.74) is 3.69. The Morgan fingerprint density at radius 3 is 3.00 bits per heavy atom. The van der Waals surface area contributed by atoms with Gasteiger partial charge in [0.1, 0.15) is 5.75 Å². The maximum absolute atomic E-state index is 8.86. The summed E-state index contributed by atoms with van der Waals surface area (Å²) >= 11 is 0. The normalized spacial score (nSPS) is 19.1. The SMILES string of the molecule is Cc1cc(C)c2c(c1)C(NCCO)CCO2. The van der Waals surface area contributed by atoms with E-state index in [9.17, 15) is 0 Å². The summed E-state index contributed by atoms with van der Waals surface area (Å²) in [6.45, 7) is 5.75. The largest absolute Gasteiger partial charge is 0.493 e. The Balaban J connectivity index is 2.30. The first-order valence-electron chi connectivity index (χ1n) is 5.80. The first-order chi connectivity index (χ1) is 7.72. The van der Waals surface area contributed by atoms with Crippen LogP contribution in [0, 0.1) is 13.8 Å². The van der Waals surface area contributed by atoms with Crippen LogP contribution in [0.25, 0.3) is 0 Å². The van der Waals surface area contributed by atoms with Crippen LogP contribution in [0.4, 0.5) is 0 Å². The van der Waals surface area contributed by atoms with Gasteiger partial charge in [-0.1, -0.05) is 17.7 Å². The highest BCUT2D eigenvalue weighted by atomic mass is 16.5. The maximum Gasteiger partial charge on any atom is 0.126 e. The third kappa shape index (κ3) is 2.20. The quantitative estimate of drug-likeness (QED) is 0.816. The molecule has 3 heteroatoms. The van der Waals surface area contributed by atoms with Gasteiger partial charge in [-0.25, -0.2) is 0 Å². The smallest absolute Gasteiger partial charge is 0.126 e. The molecule has 1 aliphatic heterocycles. The fourth-order valence-electron chi connectivity index (χ4n) is 2.33. The van der Waals surface area contributed by atoms with Gasteiger partial charge in [0.2, 0.25) is 0 Å². The molecular formula is C13H19NO2. The number of hydrogen-bond donors (Lipinski definition) is 2. The Labute approximate surface area is 96.4 Å². The minimum absolute atomic E-state index is 0.178. The fraction of sp³-hybridized carbons (Fsp3) is 0.538. The van der Waals surface area contributed by atoms with Gasteiger partial charge in [0.25, 0.3) is 0 Å². The van der Waals surface area contributed by atoms with Crippen LogP contribution < -0.4 is 10.1 Å². The van der Waals surface area contributed by atoms with E-state index >= 15 is 0 Å². The van der Waals surface area contributed by atoms with E-state index in [0.29, 0.717) is 12.6 Å².